The van der Waals surface area contributed by atoms with Crippen LogP contribution in [0.1, 0.15) is 10.4 Å². The first-order chi connectivity index (χ1) is 11.3. The number of fused-ring (bicyclic) bond motifs is 5. The molecule has 23 heavy (non-hydrogen) atoms. The molecule has 120 valence electrons. The first kappa shape index (κ1) is 13.6. The number of hydrogen-bond acceptors (Lipinski definition) is 6. The molecule has 0 saturated carbocycles. The lowest BCUT2D eigenvalue weighted by Gasteiger charge is -2.27. The van der Waals surface area contributed by atoms with Gasteiger partial charge in [0.2, 0.25) is 0 Å². The lowest BCUT2D eigenvalue weighted by atomic mass is 10.0. The van der Waals surface area contributed by atoms with Crippen molar-refractivity contribution in [3.05, 3.63) is 10.4 Å². The quantitative estimate of drug-likeness (QED) is 0.523. The normalized spacial score (nSPS) is 22.0. The van der Waals surface area contributed by atoms with Crippen LogP contribution in [0.5, 0.6) is 0 Å². The van der Waals surface area contributed by atoms with E-state index >= 15 is 0 Å². The van der Waals surface area contributed by atoms with E-state index in [0.717, 1.165) is 49.8 Å². The van der Waals surface area contributed by atoms with E-state index in [9.17, 15) is 0 Å². The molecule has 0 radical (unpaired) electrons. The van der Waals surface area contributed by atoms with Gasteiger partial charge >= 0.3 is 0 Å². The maximum Gasteiger partial charge on any atom is 0.276 e. The molecule has 8 nitrogen and oxygen atoms in total. The van der Waals surface area contributed by atoms with Crippen molar-refractivity contribution < 1.29 is 10.2 Å². The van der Waals surface area contributed by atoms with Gasteiger partial charge in [-0.2, -0.15) is 9.50 Å². The summed E-state index contributed by atoms with van der Waals surface area (Å²) in [4.78, 5) is 11.4. The van der Waals surface area contributed by atoms with Crippen LogP contribution in [-0.4, -0.2) is 64.8 Å². The van der Waals surface area contributed by atoms with Crippen LogP contribution < -0.4 is 15.1 Å². The summed E-state index contributed by atoms with van der Waals surface area (Å²) in [6.07, 6.45) is 1.11. The molecule has 0 spiro atoms. The number of piperazine rings is 1. The van der Waals surface area contributed by atoms with Crippen LogP contribution in [0, 0.1) is 0 Å². The van der Waals surface area contributed by atoms with Gasteiger partial charge in [-0.3, -0.25) is 0 Å². The highest BCUT2D eigenvalue weighted by atomic mass is 32.1. The van der Waals surface area contributed by atoms with Crippen LogP contribution in [0.15, 0.2) is 0 Å². The zero-order valence-electron chi connectivity index (χ0n) is 13.1. The molecule has 1 fully saturated rings. The molecule has 0 bridgehead atoms. The molecule has 5 rings (SSSR count). The second-order valence-corrected chi connectivity index (χ2v) is 7.58. The van der Waals surface area contributed by atoms with Crippen LogP contribution >= 0.6 is 11.3 Å². The van der Waals surface area contributed by atoms with Crippen molar-refractivity contribution in [3.63, 3.8) is 0 Å². The third-order valence-electron chi connectivity index (χ3n) is 4.92. The van der Waals surface area contributed by atoms with E-state index in [2.05, 4.69) is 32.8 Å². The van der Waals surface area contributed by atoms with Crippen LogP contribution in [0.3, 0.4) is 0 Å². The Hall–Kier alpha value is -1.84. The zero-order valence-corrected chi connectivity index (χ0v) is 13.9. The van der Waals surface area contributed by atoms with Gasteiger partial charge in [0.25, 0.3) is 5.78 Å². The van der Waals surface area contributed by atoms with Crippen LogP contribution in [0.2, 0.25) is 0 Å². The van der Waals surface area contributed by atoms with Crippen molar-refractivity contribution in [3.8, 4) is 0 Å². The molecular weight excluding hydrogens is 312 g/mol. The summed E-state index contributed by atoms with van der Waals surface area (Å²) in [5.41, 5.74) is 1.48. The molecule has 3 aromatic rings. The topological polar surface area (TPSA) is 80.3 Å². The van der Waals surface area contributed by atoms with Crippen molar-refractivity contribution in [2.45, 2.75) is 13.0 Å². The van der Waals surface area contributed by atoms with Crippen molar-refractivity contribution in [1.82, 2.24) is 25.0 Å². The molecule has 1 unspecified atom stereocenters. The third kappa shape index (κ3) is 2.03. The zero-order chi connectivity index (χ0) is 15.4. The van der Waals surface area contributed by atoms with Gasteiger partial charge in [0.15, 0.2) is 0 Å². The predicted octanol–water partition coefficient (Wildman–Crippen LogP) is -2.31. The Bertz CT molecular complexity index is 878. The van der Waals surface area contributed by atoms with Crippen LogP contribution in [0.25, 0.3) is 16.0 Å². The molecule has 9 heteroatoms. The number of aromatic nitrogens is 5. The highest BCUT2D eigenvalue weighted by Gasteiger charge is 2.28. The molecule has 2 aliphatic heterocycles. The number of quaternary nitrogens is 2. The van der Waals surface area contributed by atoms with Crippen LogP contribution in [-0.2, 0) is 13.0 Å². The molecule has 1 atom stereocenters. The largest absolute Gasteiger partial charge is 0.345 e. The van der Waals surface area contributed by atoms with Crippen molar-refractivity contribution >= 4 is 33.1 Å². The minimum atomic E-state index is 0.612. The van der Waals surface area contributed by atoms with Gasteiger partial charge in [0.1, 0.15) is 17.2 Å². The van der Waals surface area contributed by atoms with E-state index in [-0.39, 0.29) is 0 Å². The summed E-state index contributed by atoms with van der Waals surface area (Å²) >= 11 is 1.84. The average Bonchev–Trinajstić information content (AvgIpc) is 3.18. The van der Waals surface area contributed by atoms with Crippen molar-refractivity contribution in [1.29, 1.82) is 0 Å². The number of likely N-dealkylation sites (N-methyl/N-ethyl adjacent to an activating group) is 1. The Morgan fingerprint density at radius 3 is 3.00 bits per heavy atom. The molecule has 2 aliphatic rings. The first-order valence-electron chi connectivity index (χ1n) is 8.21. The fourth-order valence-electron chi connectivity index (χ4n) is 3.71. The predicted molar refractivity (Wildman–Crippen MR) is 87.0 cm³/mol. The smallest absolute Gasteiger partial charge is 0.276 e. The molecule has 5 heterocycles. The molecular formula is C14H20N8S+2. The SMILES string of the molecule is C[NH+]1CCc2c(sc3c2c(N2CC[NH2+]CC2)nc2nnnn23)C1. The van der Waals surface area contributed by atoms with Gasteiger partial charge in [0.05, 0.1) is 50.0 Å². The number of hydrogen-bond donors (Lipinski definition) is 2. The standard InChI is InChI=1S/C14H18N8S/c1-20-5-2-9-10(8-20)23-13-11(9)12(21-6-3-15-4-7-21)16-14-17-18-19-22(13)14/h15H,2-8H2,1H3/p+2. The minimum Gasteiger partial charge on any atom is -0.345 e. The highest BCUT2D eigenvalue weighted by molar-refractivity contribution is 7.19. The van der Waals surface area contributed by atoms with Crippen LogP contribution in [0.4, 0.5) is 5.82 Å². The van der Waals surface area contributed by atoms with E-state index in [1.54, 1.807) is 4.90 Å². The van der Waals surface area contributed by atoms with Gasteiger partial charge in [0, 0.05) is 6.42 Å². The molecule has 3 aromatic heterocycles. The van der Waals surface area contributed by atoms with Gasteiger partial charge < -0.3 is 15.1 Å². The number of nitrogens with zero attached hydrogens (tertiary/aromatic N) is 6. The number of nitrogens with one attached hydrogen (secondary N) is 1. The van der Waals surface area contributed by atoms with Crippen molar-refractivity contribution in [2.75, 3.05) is 44.7 Å². The van der Waals surface area contributed by atoms with Crippen molar-refractivity contribution in [2.24, 2.45) is 0 Å². The highest BCUT2D eigenvalue weighted by Crippen LogP contribution is 2.37. The lowest BCUT2D eigenvalue weighted by molar-refractivity contribution is -0.895. The Kier molecular flexibility index (Phi) is 3.00. The maximum absolute atomic E-state index is 4.83. The number of tetrazole rings is 1. The summed E-state index contributed by atoms with van der Waals surface area (Å²) in [5.74, 6) is 1.70. The minimum absolute atomic E-state index is 0.612. The number of thiophene rings is 1. The Balaban J connectivity index is 1.80. The average molecular weight is 332 g/mol. The van der Waals surface area contributed by atoms with Gasteiger partial charge in [-0.05, 0) is 16.0 Å². The maximum atomic E-state index is 4.83. The van der Waals surface area contributed by atoms with Gasteiger partial charge in [-0.25, -0.2) is 0 Å². The Morgan fingerprint density at radius 1 is 1.26 bits per heavy atom. The van der Waals surface area contributed by atoms with Gasteiger partial charge in [-0.1, -0.05) is 5.10 Å². The first-order valence-corrected chi connectivity index (χ1v) is 9.03. The monoisotopic (exact) mass is 332 g/mol. The second-order valence-electron chi connectivity index (χ2n) is 6.50. The fraction of sp³-hybridized carbons (Fsp3) is 0.571. The van der Waals surface area contributed by atoms with Gasteiger partial charge in [-0.15, -0.1) is 11.3 Å². The summed E-state index contributed by atoms with van der Waals surface area (Å²) in [5, 5.41) is 15.8. The number of nitrogens with two attached hydrogens (primary N) is 1. The number of rotatable bonds is 1. The molecule has 0 aliphatic carbocycles. The van der Waals surface area contributed by atoms with E-state index in [1.807, 2.05) is 15.9 Å². The summed E-state index contributed by atoms with van der Waals surface area (Å²) in [6, 6.07) is 0. The Labute approximate surface area is 137 Å². The van der Waals surface area contributed by atoms with E-state index in [1.165, 1.54) is 22.4 Å². The third-order valence-corrected chi connectivity index (χ3v) is 6.12. The lowest BCUT2D eigenvalue weighted by Crippen LogP contribution is -3.08. The molecule has 0 amide bonds. The Morgan fingerprint density at radius 2 is 2.13 bits per heavy atom. The second kappa shape index (κ2) is 5.08. The molecule has 3 N–H and O–H groups in total. The summed E-state index contributed by atoms with van der Waals surface area (Å²) < 4.78 is 1.81. The number of anilines is 1. The molecule has 1 saturated heterocycles. The van der Waals surface area contributed by atoms with E-state index in [0.29, 0.717) is 5.78 Å². The molecule has 0 aromatic carbocycles. The fourth-order valence-corrected chi connectivity index (χ4v) is 5.11. The van der Waals surface area contributed by atoms with E-state index in [4.69, 9.17) is 4.98 Å². The summed E-state index contributed by atoms with van der Waals surface area (Å²) in [6.45, 7) is 6.59. The van der Waals surface area contributed by atoms with E-state index < -0.39 is 0 Å². The summed E-state index contributed by atoms with van der Waals surface area (Å²) in [7, 11) is 2.26.